The van der Waals surface area contributed by atoms with Crippen molar-refractivity contribution in [2.45, 2.75) is 40.2 Å². The van der Waals surface area contributed by atoms with E-state index in [0.29, 0.717) is 6.54 Å². The van der Waals surface area contributed by atoms with Gasteiger partial charge in [0.15, 0.2) is 4.96 Å². The number of nitrogens with zero attached hydrogens (tertiary/aromatic N) is 2. The van der Waals surface area contributed by atoms with Crippen molar-refractivity contribution in [3.8, 4) is 17.0 Å². The summed E-state index contributed by atoms with van der Waals surface area (Å²) in [5.41, 5.74) is 10.5. The zero-order chi connectivity index (χ0) is 16.4. The molecule has 0 aliphatic carbocycles. The molecule has 0 radical (unpaired) electrons. The van der Waals surface area contributed by atoms with Gasteiger partial charge < -0.3 is 10.5 Å². The highest BCUT2D eigenvalue weighted by Crippen LogP contribution is 2.31. The van der Waals surface area contributed by atoms with Gasteiger partial charge in [-0.15, -0.1) is 11.3 Å². The van der Waals surface area contributed by atoms with Crippen LogP contribution in [0.25, 0.3) is 16.2 Å². The van der Waals surface area contributed by atoms with Crippen LogP contribution in [0.3, 0.4) is 0 Å². The molecule has 5 heteroatoms. The summed E-state index contributed by atoms with van der Waals surface area (Å²) in [4.78, 5) is 7.18. The standard InChI is InChI=1S/C18H23N3OS/c1-4-10-22-14-8-6-13(7-9-14)17-16(11-19)21-15(5-2)12(3)23-18(21)20-17/h6-9H,4-5,10-11,19H2,1-3H3. The molecular formula is C18H23N3OS. The number of rotatable bonds is 6. The molecule has 3 rings (SSSR count). The average molecular weight is 329 g/mol. The second kappa shape index (κ2) is 6.72. The Bertz CT molecular complexity index is 802. The summed E-state index contributed by atoms with van der Waals surface area (Å²) in [5.74, 6) is 0.899. The van der Waals surface area contributed by atoms with E-state index in [4.69, 9.17) is 15.5 Å². The molecule has 0 aliphatic heterocycles. The first-order valence-electron chi connectivity index (χ1n) is 8.12. The minimum absolute atomic E-state index is 0.480. The van der Waals surface area contributed by atoms with Crippen LogP contribution < -0.4 is 10.5 Å². The Labute approximate surface area is 140 Å². The predicted octanol–water partition coefficient (Wildman–Crippen LogP) is 4.18. The number of nitrogens with two attached hydrogens (primary N) is 1. The number of hydrogen-bond donors (Lipinski definition) is 1. The lowest BCUT2D eigenvalue weighted by atomic mass is 10.1. The Morgan fingerprint density at radius 2 is 1.91 bits per heavy atom. The third kappa shape index (κ3) is 2.86. The second-order valence-electron chi connectivity index (χ2n) is 5.56. The van der Waals surface area contributed by atoms with Crippen molar-refractivity contribution >= 4 is 16.3 Å². The number of aryl methyl sites for hydroxylation is 2. The molecule has 2 N–H and O–H groups in total. The van der Waals surface area contributed by atoms with Crippen LogP contribution in [0.2, 0.25) is 0 Å². The number of aromatic nitrogens is 2. The molecule has 0 fully saturated rings. The summed E-state index contributed by atoms with van der Waals surface area (Å²) in [6.07, 6.45) is 1.99. The lowest BCUT2D eigenvalue weighted by Crippen LogP contribution is -2.04. The molecule has 0 spiro atoms. The molecule has 1 aromatic carbocycles. The van der Waals surface area contributed by atoms with Gasteiger partial charge in [0.05, 0.1) is 18.0 Å². The highest BCUT2D eigenvalue weighted by molar-refractivity contribution is 7.17. The van der Waals surface area contributed by atoms with Crippen molar-refractivity contribution < 1.29 is 4.74 Å². The number of benzene rings is 1. The maximum absolute atomic E-state index is 6.05. The van der Waals surface area contributed by atoms with Gasteiger partial charge >= 0.3 is 0 Å². The topological polar surface area (TPSA) is 52.5 Å². The largest absolute Gasteiger partial charge is 0.494 e. The third-order valence-electron chi connectivity index (χ3n) is 3.99. The molecule has 2 heterocycles. The van der Waals surface area contributed by atoms with Crippen molar-refractivity contribution in [2.75, 3.05) is 6.61 Å². The van der Waals surface area contributed by atoms with Crippen molar-refractivity contribution in [3.63, 3.8) is 0 Å². The molecule has 0 amide bonds. The van der Waals surface area contributed by atoms with Crippen LogP contribution in [0, 0.1) is 6.92 Å². The van der Waals surface area contributed by atoms with Crippen LogP contribution in [-0.2, 0) is 13.0 Å². The van der Waals surface area contributed by atoms with Gasteiger partial charge in [-0.3, -0.25) is 4.40 Å². The van der Waals surface area contributed by atoms with E-state index in [0.717, 1.165) is 47.1 Å². The Balaban J connectivity index is 2.04. The monoisotopic (exact) mass is 329 g/mol. The van der Waals surface area contributed by atoms with E-state index in [1.54, 1.807) is 11.3 Å². The van der Waals surface area contributed by atoms with Gasteiger partial charge in [-0.05, 0) is 44.0 Å². The van der Waals surface area contributed by atoms with Gasteiger partial charge in [0.1, 0.15) is 5.75 Å². The molecule has 4 nitrogen and oxygen atoms in total. The van der Waals surface area contributed by atoms with Crippen LogP contribution in [-0.4, -0.2) is 16.0 Å². The summed E-state index contributed by atoms with van der Waals surface area (Å²) in [6, 6.07) is 8.14. The van der Waals surface area contributed by atoms with E-state index in [2.05, 4.69) is 37.3 Å². The smallest absolute Gasteiger partial charge is 0.194 e. The molecule has 23 heavy (non-hydrogen) atoms. The summed E-state index contributed by atoms with van der Waals surface area (Å²) in [7, 11) is 0. The molecular weight excluding hydrogens is 306 g/mol. The zero-order valence-corrected chi connectivity index (χ0v) is 14.7. The number of fused-ring (bicyclic) bond motifs is 1. The summed E-state index contributed by atoms with van der Waals surface area (Å²) >= 11 is 1.73. The lowest BCUT2D eigenvalue weighted by Gasteiger charge is -2.07. The fraction of sp³-hybridized carbons (Fsp3) is 0.389. The molecule has 0 aliphatic rings. The number of ether oxygens (including phenoxy) is 1. The molecule has 0 bridgehead atoms. The first kappa shape index (κ1) is 16.0. The van der Waals surface area contributed by atoms with Crippen LogP contribution in [0.15, 0.2) is 24.3 Å². The highest BCUT2D eigenvalue weighted by atomic mass is 32.1. The normalized spacial score (nSPS) is 11.3. The van der Waals surface area contributed by atoms with Crippen molar-refractivity contribution in [1.82, 2.24) is 9.38 Å². The van der Waals surface area contributed by atoms with E-state index in [-0.39, 0.29) is 0 Å². The Hall–Kier alpha value is -1.85. The molecule has 122 valence electrons. The average Bonchev–Trinajstić information content (AvgIpc) is 3.07. The summed E-state index contributed by atoms with van der Waals surface area (Å²) in [5, 5.41) is 0. The number of imidazole rings is 1. The summed E-state index contributed by atoms with van der Waals surface area (Å²) in [6.45, 7) is 7.65. The van der Waals surface area contributed by atoms with Crippen molar-refractivity contribution in [2.24, 2.45) is 5.73 Å². The maximum atomic E-state index is 6.05. The molecule has 0 unspecified atom stereocenters. The van der Waals surface area contributed by atoms with E-state index < -0.39 is 0 Å². The highest BCUT2D eigenvalue weighted by Gasteiger charge is 2.18. The summed E-state index contributed by atoms with van der Waals surface area (Å²) < 4.78 is 7.88. The minimum Gasteiger partial charge on any atom is -0.494 e. The van der Waals surface area contributed by atoms with Crippen LogP contribution in [0.1, 0.15) is 36.5 Å². The van der Waals surface area contributed by atoms with E-state index in [9.17, 15) is 0 Å². The van der Waals surface area contributed by atoms with Gasteiger partial charge in [0.2, 0.25) is 0 Å². The quantitative estimate of drug-likeness (QED) is 0.738. The minimum atomic E-state index is 0.480. The van der Waals surface area contributed by atoms with Gasteiger partial charge in [-0.2, -0.15) is 0 Å². The van der Waals surface area contributed by atoms with Gasteiger partial charge in [-0.25, -0.2) is 4.98 Å². The number of hydrogen-bond acceptors (Lipinski definition) is 4. The second-order valence-corrected chi connectivity index (χ2v) is 6.74. The molecule has 0 saturated carbocycles. The Morgan fingerprint density at radius 3 is 2.52 bits per heavy atom. The van der Waals surface area contributed by atoms with Crippen molar-refractivity contribution in [1.29, 1.82) is 0 Å². The van der Waals surface area contributed by atoms with Crippen LogP contribution in [0.4, 0.5) is 0 Å². The van der Waals surface area contributed by atoms with Crippen LogP contribution >= 0.6 is 11.3 Å². The molecule has 3 aromatic rings. The zero-order valence-electron chi connectivity index (χ0n) is 13.9. The molecule has 2 aromatic heterocycles. The SMILES string of the molecule is CCCOc1ccc(-c2nc3sc(C)c(CC)n3c2CN)cc1. The van der Waals surface area contributed by atoms with E-state index in [1.165, 1.54) is 10.6 Å². The fourth-order valence-electron chi connectivity index (χ4n) is 2.89. The molecule has 0 atom stereocenters. The predicted molar refractivity (Wildman–Crippen MR) is 96.3 cm³/mol. The van der Waals surface area contributed by atoms with Gasteiger partial charge in [0, 0.05) is 22.7 Å². The fourth-order valence-corrected chi connectivity index (χ4v) is 3.96. The van der Waals surface area contributed by atoms with E-state index >= 15 is 0 Å². The Kier molecular flexibility index (Phi) is 4.68. The van der Waals surface area contributed by atoms with Crippen LogP contribution in [0.5, 0.6) is 5.75 Å². The first-order chi connectivity index (χ1) is 11.2. The lowest BCUT2D eigenvalue weighted by molar-refractivity contribution is 0.317. The third-order valence-corrected chi connectivity index (χ3v) is 4.99. The Morgan fingerprint density at radius 1 is 1.17 bits per heavy atom. The van der Waals surface area contributed by atoms with Gasteiger partial charge in [-0.1, -0.05) is 13.8 Å². The maximum Gasteiger partial charge on any atom is 0.194 e. The van der Waals surface area contributed by atoms with Gasteiger partial charge in [0.25, 0.3) is 0 Å². The van der Waals surface area contributed by atoms with E-state index in [1.807, 2.05) is 12.1 Å². The first-order valence-corrected chi connectivity index (χ1v) is 8.94. The molecule has 0 saturated heterocycles. The van der Waals surface area contributed by atoms with Crippen molar-refractivity contribution in [3.05, 3.63) is 40.5 Å². The number of thiazole rings is 1.